The Bertz CT molecular complexity index is 1280. The van der Waals surface area contributed by atoms with E-state index in [-0.39, 0.29) is 17.6 Å². The molecule has 0 bridgehead atoms. The highest BCUT2D eigenvalue weighted by atomic mass is 19.1. The summed E-state index contributed by atoms with van der Waals surface area (Å²) in [4.78, 5) is 16.1. The number of carbonyl (C=O) groups excluding carboxylic acids is 1. The first kappa shape index (κ1) is 23.3. The number of carbonyl (C=O) groups is 1. The number of halogens is 1. The van der Waals surface area contributed by atoms with Gasteiger partial charge < -0.3 is 10.6 Å². The van der Waals surface area contributed by atoms with Gasteiger partial charge in [0, 0.05) is 36.3 Å². The topological polar surface area (TPSA) is 134 Å². The van der Waals surface area contributed by atoms with Gasteiger partial charge in [0.1, 0.15) is 5.82 Å². The molecule has 1 amide bonds. The number of primary amides is 1. The van der Waals surface area contributed by atoms with E-state index in [9.17, 15) is 9.18 Å². The van der Waals surface area contributed by atoms with Crippen molar-refractivity contribution in [2.24, 2.45) is 23.2 Å². The number of aromatic amines is 1. The van der Waals surface area contributed by atoms with Crippen molar-refractivity contribution >= 4 is 22.5 Å². The largest absolute Gasteiger partial charge is 0.369 e. The van der Waals surface area contributed by atoms with Gasteiger partial charge in [0.2, 0.25) is 5.91 Å². The predicted octanol–water partition coefficient (Wildman–Crippen LogP) is 1.98. The smallest absolute Gasteiger partial charge is 0.221 e. The van der Waals surface area contributed by atoms with E-state index in [4.69, 9.17) is 17.3 Å². The minimum absolute atomic E-state index is 0.282. The number of fused-ring (bicyclic) bond motifs is 1. The second kappa shape index (κ2) is 8.95. The summed E-state index contributed by atoms with van der Waals surface area (Å²) in [6.45, 7) is 3.37. The standard InChI is InChI=1S/C25H31FN8O/c1-25(10-8-18(23(27)35)15-32(25)14-17-4-2-3-5-20(17)26)22-9-11-33(24(28)34(22)29)19-7-6-16-13-30-31-21(16)12-19/h2-7,9,12-13,18,24H,8,10-11,14-15,28-29H2,1H3,(H2,27,35)(H,30,31)/t18-,24?,25+/m0/s1. The molecule has 1 fully saturated rings. The highest BCUT2D eigenvalue weighted by Gasteiger charge is 2.46. The number of benzene rings is 2. The third kappa shape index (κ3) is 4.13. The number of nitrogens with two attached hydrogens (primary N) is 3. The highest BCUT2D eigenvalue weighted by Crippen LogP contribution is 2.40. The van der Waals surface area contributed by atoms with Crippen LogP contribution >= 0.6 is 0 Å². The molecule has 0 radical (unpaired) electrons. The maximum Gasteiger partial charge on any atom is 0.221 e. The first-order valence-electron chi connectivity index (χ1n) is 11.8. The zero-order valence-corrected chi connectivity index (χ0v) is 19.7. The Hall–Kier alpha value is -3.47. The Balaban J connectivity index is 1.46. The van der Waals surface area contributed by atoms with E-state index in [1.54, 1.807) is 23.3 Å². The number of rotatable bonds is 5. The SMILES string of the molecule is C[C@]1(C2=CCN(c3ccc4cn[nH]c4c3)C(N)N2N)CC[C@H](C(N)=O)CN1Cc1ccccc1F. The highest BCUT2D eigenvalue weighted by molar-refractivity contribution is 5.82. The van der Waals surface area contributed by atoms with Gasteiger partial charge in [0.05, 0.1) is 28.9 Å². The summed E-state index contributed by atoms with van der Waals surface area (Å²) in [5.74, 6) is 5.69. The summed E-state index contributed by atoms with van der Waals surface area (Å²) in [6, 6.07) is 12.7. The molecular formula is C25H31FN8O. The molecule has 1 aromatic heterocycles. The number of hydrogen-bond acceptors (Lipinski definition) is 7. The fourth-order valence-electron chi connectivity index (χ4n) is 5.32. The molecule has 0 aliphatic carbocycles. The number of likely N-dealkylation sites (tertiary alicyclic amines) is 1. The van der Waals surface area contributed by atoms with Gasteiger partial charge in [-0.25, -0.2) is 10.2 Å². The molecule has 1 saturated heterocycles. The van der Waals surface area contributed by atoms with Crippen LogP contribution in [0.25, 0.3) is 10.9 Å². The van der Waals surface area contributed by atoms with Gasteiger partial charge in [-0.05, 0) is 50.1 Å². The summed E-state index contributed by atoms with van der Waals surface area (Å²) in [6.07, 6.45) is 4.49. The molecule has 10 heteroatoms. The molecular weight excluding hydrogens is 447 g/mol. The fraction of sp³-hybridized carbons (Fsp3) is 0.360. The number of H-pyrrole nitrogens is 1. The Kier molecular flexibility index (Phi) is 5.96. The molecule has 2 aromatic carbocycles. The second-order valence-electron chi connectivity index (χ2n) is 9.59. The third-order valence-corrected chi connectivity index (χ3v) is 7.51. The lowest BCUT2D eigenvalue weighted by Gasteiger charge is -2.53. The Morgan fingerprint density at radius 3 is 2.86 bits per heavy atom. The van der Waals surface area contributed by atoms with Gasteiger partial charge in [-0.2, -0.15) is 5.10 Å². The molecule has 2 aliphatic rings. The number of amides is 1. The van der Waals surface area contributed by atoms with Gasteiger partial charge in [0.15, 0.2) is 6.29 Å². The van der Waals surface area contributed by atoms with Gasteiger partial charge in [-0.3, -0.25) is 25.5 Å². The van der Waals surface area contributed by atoms with Crippen LogP contribution in [-0.2, 0) is 11.3 Å². The van der Waals surface area contributed by atoms with Crippen molar-refractivity contribution < 1.29 is 9.18 Å². The molecule has 9 nitrogen and oxygen atoms in total. The molecule has 1 unspecified atom stereocenters. The van der Waals surface area contributed by atoms with Crippen LogP contribution in [0.1, 0.15) is 25.3 Å². The maximum atomic E-state index is 14.6. The lowest BCUT2D eigenvalue weighted by Crippen LogP contribution is -2.66. The molecule has 3 aromatic rings. The molecule has 3 atom stereocenters. The van der Waals surface area contributed by atoms with Crippen LogP contribution in [0.4, 0.5) is 10.1 Å². The quantitative estimate of drug-likeness (QED) is 0.412. The molecule has 0 spiro atoms. The number of nitrogens with one attached hydrogen (secondary N) is 1. The summed E-state index contributed by atoms with van der Waals surface area (Å²) in [5.41, 5.74) is 15.0. The predicted molar refractivity (Wildman–Crippen MR) is 133 cm³/mol. The van der Waals surface area contributed by atoms with Crippen molar-refractivity contribution in [1.82, 2.24) is 20.1 Å². The van der Waals surface area contributed by atoms with Gasteiger partial charge in [-0.1, -0.05) is 18.2 Å². The average Bonchev–Trinajstić information content (AvgIpc) is 3.31. The van der Waals surface area contributed by atoms with Crippen molar-refractivity contribution in [2.45, 2.75) is 38.1 Å². The van der Waals surface area contributed by atoms with E-state index in [0.29, 0.717) is 38.0 Å². The number of piperidine rings is 1. The molecule has 184 valence electrons. The lowest BCUT2D eigenvalue weighted by atomic mass is 9.79. The van der Waals surface area contributed by atoms with Crippen LogP contribution in [0.15, 0.2) is 60.4 Å². The summed E-state index contributed by atoms with van der Waals surface area (Å²) < 4.78 is 14.6. The minimum atomic E-state index is -0.614. The number of nitrogens with zero attached hydrogens (tertiary/aromatic N) is 4. The lowest BCUT2D eigenvalue weighted by molar-refractivity contribution is -0.125. The second-order valence-corrected chi connectivity index (χ2v) is 9.59. The van der Waals surface area contributed by atoms with Crippen LogP contribution in [-0.4, -0.2) is 50.9 Å². The van der Waals surface area contributed by atoms with Crippen LogP contribution in [0, 0.1) is 11.7 Å². The first-order chi connectivity index (χ1) is 16.8. The monoisotopic (exact) mass is 478 g/mol. The molecule has 2 aliphatic heterocycles. The zero-order chi connectivity index (χ0) is 24.7. The van der Waals surface area contributed by atoms with Crippen LogP contribution in [0.2, 0.25) is 0 Å². The van der Waals surface area contributed by atoms with E-state index in [0.717, 1.165) is 22.3 Å². The first-order valence-corrected chi connectivity index (χ1v) is 11.8. The maximum absolute atomic E-state index is 14.6. The van der Waals surface area contributed by atoms with Crippen LogP contribution < -0.4 is 22.2 Å². The fourth-order valence-corrected chi connectivity index (χ4v) is 5.32. The molecule has 3 heterocycles. The molecule has 35 heavy (non-hydrogen) atoms. The van der Waals surface area contributed by atoms with Gasteiger partial charge in [-0.15, -0.1) is 0 Å². The zero-order valence-electron chi connectivity index (χ0n) is 19.7. The molecule has 0 saturated carbocycles. The molecule has 5 rings (SSSR count). The number of hydrazine groups is 1. The van der Waals surface area contributed by atoms with E-state index >= 15 is 0 Å². The number of aromatic nitrogens is 2. The van der Waals surface area contributed by atoms with Gasteiger partial charge >= 0.3 is 0 Å². The van der Waals surface area contributed by atoms with Crippen LogP contribution in [0.3, 0.4) is 0 Å². The average molecular weight is 479 g/mol. The van der Waals surface area contributed by atoms with E-state index in [2.05, 4.69) is 28.1 Å². The normalized spacial score (nSPS) is 25.7. The Labute approximate surface area is 203 Å². The summed E-state index contributed by atoms with van der Waals surface area (Å²) in [7, 11) is 0. The van der Waals surface area contributed by atoms with Crippen molar-refractivity contribution in [1.29, 1.82) is 0 Å². The van der Waals surface area contributed by atoms with Gasteiger partial charge in [0.25, 0.3) is 0 Å². The van der Waals surface area contributed by atoms with Crippen molar-refractivity contribution in [2.75, 3.05) is 18.0 Å². The third-order valence-electron chi connectivity index (χ3n) is 7.51. The molecule has 7 N–H and O–H groups in total. The van der Waals surface area contributed by atoms with Crippen molar-refractivity contribution in [3.63, 3.8) is 0 Å². The summed E-state index contributed by atoms with van der Waals surface area (Å²) >= 11 is 0. The van der Waals surface area contributed by atoms with E-state index in [1.165, 1.54) is 6.07 Å². The van der Waals surface area contributed by atoms with E-state index in [1.807, 2.05) is 29.2 Å². The summed E-state index contributed by atoms with van der Waals surface area (Å²) in [5, 5.41) is 9.67. The Morgan fingerprint density at radius 2 is 2.09 bits per heavy atom. The van der Waals surface area contributed by atoms with Crippen molar-refractivity contribution in [3.05, 3.63) is 71.8 Å². The van der Waals surface area contributed by atoms with E-state index < -0.39 is 11.8 Å². The number of hydrogen-bond donors (Lipinski definition) is 4. The van der Waals surface area contributed by atoms with Crippen LogP contribution in [0.5, 0.6) is 0 Å². The minimum Gasteiger partial charge on any atom is -0.369 e. The van der Waals surface area contributed by atoms with Crippen molar-refractivity contribution in [3.8, 4) is 0 Å². The Morgan fingerprint density at radius 1 is 1.29 bits per heavy atom. The number of anilines is 1.